The molecule has 4 rings (SSSR count). The monoisotopic (exact) mass is 437 g/mol. The summed E-state index contributed by atoms with van der Waals surface area (Å²) in [6.07, 6.45) is -3.69. The van der Waals surface area contributed by atoms with Crippen molar-refractivity contribution in [2.24, 2.45) is 0 Å². The van der Waals surface area contributed by atoms with E-state index in [1.165, 1.54) is 12.1 Å². The summed E-state index contributed by atoms with van der Waals surface area (Å²) in [5.74, 6) is -0.899. The van der Waals surface area contributed by atoms with E-state index in [2.05, 4.69) is 15.4 Å². The van der Waals surface area contributed by atoms with Gasteiger partial charge in [0.15, 0.2) is 11.3 Å². The van der Waals surface area contributed by atoms with E-state index in [4.69, 9.17) is 0 Å². The molecule has 3 aromatic rings. The summed E-state index contributed by atoms with van der Waals surface area (Å²) < 4.78 is 52.5. The zero-order valence-corrected chi connectivity index (χ0v) is 16.2. The predicted octanol–water partition coefficient (Wildman–Crippen LogP) is 2.04. The quantitative estimate of drug-likeness (QED) is 0.597. The van der Waals surface area contributed by atoms with E-state index < -0.39 is 23.9 Å². The van der Waals surface area contributed by atoms with Crippen LogP contribution in [0.3, 0.4) is 0 Å². The summed E-state index contributed by atoms with van der Waals surface area (Å²) in [4.78, 5) is 18.3. The SMILES string of the molecule is O=C(NC[C@H](O)CN1CCc2cc(F)ccc2C1)c1cn2nc(C(F)(F)F)ccc2n1. The number of carbonyl (C=O) groups excluding carboxylic acids is 1. The summed E-state index contributed by atoms with van der Waals surface area (Å²) in [6, 6.07) is 6.57. The average molecular weight is 437 g/mol. The highest BCUT2D eigenvalue weighted by Gasteiger charge is 2.33. The largest absolute Gasteiger partial charge is 0.435 e. The number of imidazole rings is 1. The van der Waals surface area contributed by atoms with Crippen LogP contribution in [0.4, 0.5) is 17.6 Å². The van der Waals surface area contributed by atoms with Crippen LogP contribution in [-0.2, 0) is 19.1 Å². The summed E-state index contributed by atoms with van der Waals surface area (Å²) in [5.41, 5.74) is 0.855. The molecule has 0 spiro atoms. The predicted molar refractivity (Wildman–Crippen MR) is 102 cm³/mol. The number of hydrogen-bond donors (Lipinski definition) is 2. The lowest BCUT2D eigenvalue weighted by Crippen LogP contribution is -2.42. The van der Waals surface area contributed by atoms with Crippen molar-refractivity contribution in [3.05, 3.63) is 64.9 Å². The van der Waals surface area contributed by atoms with E-state index in [9.17, 15) is 27.5 Å². The minimum absolute atomic E-state index is 0.0549. The van der Waals surface area contributed by atoms with Gasteiger partial charge in [0.05, 0.1) is 12.3 Å². The molecule has 1 aliphatic rings. The minimum Gasteiger partial charge on any atom is -0.390 e. The molecule has 3 heterocycles. The number of benzene rings is 1. The number of aliphatic hydroxyl groups is 1. The van der Waals surface area contributed by atoms with Gasteiger partial charge in [0.1, 0.15) is 11.5 Å². The molecular weight excluding hydrogens is 418 g/mol. The first-order valence-electron chi connectivity index (χ1n) is 9.58. The van der Waals surface area contributed by atoms with Crippen molar-refractivity contribution < 1.29 is 27.5 Å². The van der Waals surface area contributed by atoms with E-state index in [0.717, 1.165) is 34.0 Å². The topological polar surface area (TPSA) is 82.8 Å². The molecule has 2 aromatic heterocycles. The summed E-state index contributed by atoms with van der Waals surface area (Å²) in [6.45, 7) is 1.47. The zero-order valence-electron chi connectivity index (χ0n) is 16.2. The highest BCUT2D eigenvalue weighted by Crippen LogP contribution is 2.27. The Labute approximate surface area is 174 Å². The second-order valence-corrected chi connectivity index (χ2v) is 7.41. The molecule has 2 N–H and O–H groups in total. The van der Waals surface area contributed by atoms with Crippen molar-refractivity contribution >= 4 is 11.6 Å². The third-order valence-electron chi connectivity index (χ3n) is 5.07. The van der Waals surface area contributed by atoms with Gasteiger partial charge in [-0.25, -0.2) is 13.9 Å². The number of nitrogens with one attached hydrogen (secondary N) is 1. The Balaban J connectivity index is 1.32. The van der Waals surface area contributed by atoms with Crippen LogP contribution in [0.25, 0.3) is 5.65 Å². The van der Waals surface area contributed by atoms with Crippen LogP contribution in [0.15, 0.2) is 36.5 Å². The third kappa shape index (κ3) is 4.83. The molecule has 11 heteroatoms. The fraction of sp³-hybridized carbons (Fsp3) is 0.350. The standard InChI is InChI=1S/C20H19F4N5O2/c21-14-2-1-13-9-28(6-5-12(13)7-14)10-15(30)8-25-19(31)16-11-29-18(26-16)4-3-17(27-29)20(22,23)24/h1-4,7,11,15,30H,5-6,8-10H2,(H,25,31)/t15-/m0/s1. The first kappa shape index (κ1) is 21.2. The molecule has 0 fully saturated rings. The first-order valence-corrected chi connectivity index (χ1v) is 9.58. The Bertz CT molecular complexity index is 1110. The van der Waals surface area contributed by atoms with Crippen molar-refractivity contribution in [1.29, 1.82) is 0 Å². The maximum absolute atomic E-state index is 13.3. The number of amides is 1. The van der Waals surface area contributed by atoms with Gasteiger partial charge in [0.25, 0.3) is 5.91 Å². The molecule has 0 saturated carbocycles. The Morgan fingerprint density at radius 3 is 2.81 bits per heavy atom. The number of nitrogens with zero attached hydrogens (tertiary/aromatic N) is 4. The smallest absolute Gasteiger partial charge is 0.390 e. The maximum atomic E-state index is 13.3. The lowest BCUT2D eigenvalue weighted by molar-refractivity contribution is -0.141. The number of halogens is 4. The number of alkyl halides is 3. The van der Waals surface area contributed by atoms with E-state index in [1.807, 2.05) is 4.90 Å². The van der Waals surface area contributed by atoms with Gasteiger partial charge in [-0.15, -0.1) is 0 Å². The highest BCUT2D eigenvalue weighted by atomic mass is 19.4. The van der Waals surface area contributed by atoms with Crippen LogP contribution in [-0.4, -0.2) is 56.2 Å². The number of aromatic nitrogens is 3. The van der Waals surface area contributed by atoms with Gasteiger partial charge in [-0.1, -0.05) is 6.07 Å². The molecular formula is C20H19F4N5O2. The number of carbonyl (C=O) groups is 1. The van der Waals surface area contributed by atoms with Crippen molar-refractivity contribution in [3.63, 3.8) is 0 Å². The van der Waals surface area contributed by atoms with Crippen LogP contribution in [0.1, 0.15) is 27.3 Å². The minimum atomic E-state index is -4.60. The molecule has 164 valence electrons. The van der Waals surface area contributed by atoms with Crippen LogP contribution >= 0.6 is 0 Å². The second-order valence-electron chi connectivity index (χ2n) is 7.41. The molecule has 1 amide bonds. The Kier molecular flexibility index (Phi) is 5.63. The highest BCUT2D eigenvalue weighted by molar-refractivity contribution is 5.92. The van der Waals surface area contributed by atoms with E-state index >= 15 is 0 Å². The van der Waals surface area contributed by atoms with Gasteiger partial charge in [0, 0.05) is 26.2 Å². The summed E-state index contributed by atoms with van der Waals surface area (Å²) in [7, 11) is 0. The van der Waals surface area contributed by atoms with Crippen molar-refractivity contribution in [2.75, 3.05) is 19.6 Å². The lowest BCUT2D eigenvalue weighted by Gasteiger charge is -2.30. The average Bonchev–Trinajstić information content (AvgIpc) is 3.15. The van der Waals surface area contributed by atoms with Gasteiger partial charge in [0.2, 0.25) is 0 Å². The molecule has 7 nitrogen and oxygen atoms in total. The van der Waals surface area contributed by atoms with Gasteiger partial charge in [-0.05, 0) is 41.8 Å². The number of hydrogen-bond acceptors (Lipinski definition) is 5. The van der Waals surface area contributed by atoms with Gasteiger partial charge in [-0.3, -0.25) is 9.69 Å². The van der Waals surface area contributed by atoms with E-state index in [0.29, 0.717) is 26.1 Å². The molecule has 0 radical (unpaired) electrons. The Morgan fingerprint density at radius 1 is 1.23 bits per heavy atom. The molecule has 1 aromatic carbocycles. The molecule has 0 bridgehead atoms. The second kappa shape index (κ2) is 8.23. The van der Waals surface area contributed by atoms with Crippen molar-refractivity contribution in [3.8, 4) is 0 Å². The fourth-order valence-electron chi connectivity index (χ4n) is 3.54. The molecule has 1 atom stereocenters. The lowest BCUT2D eigenvalue weighted by atomic mass is 9.99. The van der Waals surface area contributed by atoms with Crippen LogP contribution < -0.4 is 5.32 Å². The van der Waals surface area contributed by atoms with Crippen LogP contribution in [0, 0.1) is 5.82 Å². The van der Waals surface area contributed by atoms with Gasteiger partial charge >= 0.3 is 6.18 Å². The maximum Gasteiger partial charge on any atom is 0.435 e. The number of rotatable bonds is 5. The fourth-order valence-corrected chi connectivity index (χ4v) is 3.54. The van der Waals surface area contributed by atoms with Gasteiger partial charge < -0.3 is 10.4 Å². The molecule has 1 aliphatic heterocycles. The third-order valence-corrected chi connectivity index (χ3v) is 5.07. The first-order chi connectivity index (χ1) is 14.7. The molecule has 0 unspecified atom stereocenters. The number of β-amino-alcohol motifs (C(OH)–C–C–N with tert-alkyl or cyclic N) is 1. The zero-order chi connectivity index (χ0) is 22.2. The summed E-state index contributed by atoms with van der Waals surface area (Å²) >= 11 is 0. The normalized spacial score (nSPS) is 15.6. The molecule has 31 heavy (non-hydrogen) atoms. The van der Waals surface area contributed by atoms with E-state index in [-0.39, 0.29) is 23.7 Å². The van der Waals surface area contributed by atoms with Crippen molar-refractivity contribution in [1.82, 2.24) is 24.8 Å². The van der Waals surface area contributed by atoms with Crippen LogP contribution in [0.5, 0.6) is 0 Å². The van der Waals surface area contributed by atoms with E-state index in [1.54, 1.807) is 6.07 Å². The number of fused-ring (bicyclic) bond motifs is 2. The van der Waals surface area contributed by atoms with Crippen LogP contribution in [0.2, 0.25) is 0 Å². The molecule has 0 saturated heterocycles. The van der Waals surface area contributed by atoms with Gasteiger partial charge in [-0.2, -0.15) is 18.3 Å². The number of aliphatic hydroxyl groups excluding tert-OH is 1. The van der Waals surface area contributed by atoms with Crippen molar-refractivity contribution in [2.45, 2.75) is 25.2 Å². The molecule has 0 aliphatic carbocycles. The summed E-state index contributed by atoms with van der Waals surface area (Å²) in [5, 5.41) is 16.2. The Hall–Kier alpha value is -3.05. The Morgan fingerprint density at radius 2 is 2.03 bits per heavy atom.